The Morgan fingerprint density at radius 3 is 2.41 bits per heavy atom. The van der Waals surface area contributed by atoms with Gasteiger partial charge >= 0.3 is 0 Å². The Bertz CT molecular complexity index is 527. The molecule has 0 fully saturated rings. The number of hydrogen-bond donors (Lipinski definition) is 0. The SMILES string of the molecule is Cc1cccc(-c2cc(I)ccc2C(C)C)c1. The van der Waals surface area contributed by atoms with Crippen LogP contribution < -0.4 is 0 Å². The van der Waals surface area contributed by atoms with Gasteiger partial charge in [0.15, 0.2) is 0 Å². The van der Waals surface area contributed by atoms with Crippen molar-refractivity contribution in [2.45, 2.75) is 26.7 Å². The topological polar surface area (TPSA) is 0 Å². The van der Waals surface area contributed by atoms with E-state index in [1.165, 1.54) is 25.8 Å². The van der Waals surface area contributed by atoms with Gasteiger partial charge in [-0.1, -0.05) is 49.7 Å². The maximum absolute atomic E-state index is 2.38. The zero-order valence-electron chi connectivity index (χ0n) is 10.5. The Kier molecular flexibility index (Phi) is 3.87. The van der Waals surface area contributed by atoms with E-state index in [4.69, 9.17) is 0 Å². The Morgan fingerprint density at radius 2 is 1.76 bits per heavy atom. The predicted molar refractivity (Wildman–Crippen MR) is 83.4 cm³/mol. The van der Waals surface area contributed by atoms with Gasteiger partial charge in [-0.15, -0.1) is 0 Å². The quantitative estimate of drug-likeness (QED) is 0.645. The highest BCUT2D eigenvalue weighted by atomic mass is 127. The second-order valence-electron chi connectivity index (χ2n) is 4.76. The molecule has 0 aromatic heterocycles. The summed E-state index contributed by atoms with van der Waals surface area (Å²) in [4.78, 5) is 0. The predicted octanol–water partition coefficient (Wildman–Crippen LogP) is 5.39. The molecule has 2 aromatic carbocycles. The molecule has 0 unspecified atom stereocenters. The van der Waals surface area contributed by atoms with Gasteiger partial charge < -0.3 is 0 Å². The first kappa shape index (κ1) is 12.6. The van der Waals surface area contributed by atoms with Crippen LogP contribution in [0.4, 0.5) is 0 Å². The van der Waals surface area contributed by atoms with Crippen molar-refractivity contribution in [3.63, 3.8) is 0 Å². The van der Waals surface area contributed by atoms with E-state index in [-0.39, 0.29) is 0 Å². The molecule has 0 aliphatic heterocycles. The molecule has 2 rings (SSSR count). The highest BCUT2D eigenvalue weighted by Gasteiger charge is 2.09. The average Bonchev–Trinajstić information content (AvgIpc) is 2.28. The fraction of sp³-hybridized carbons (Fsp3) is 0.250. The minimum atomic E-state index is 0.558. The molecule has 0 aliphatic rings. The lowest BCUT2D eigenvalue weighted by Gasteiger charge is -2.14. The van der Waals surface area contributed by atoms with Crippen molar-refractivity contribution in [2.75, 3.05) is 0 Å². The van der Waals surface area contributed by atoms with Gasteiger partial charge in [-0.05, 0) is 64.3 Å². The minimum absolute atomic E-state index is 0.558. The minimum Gasteiger partial charge on any atom is -0.0614 e. The second-order valence-corrected chi connectivity index (χ2v) is 6.00. The van der Waals surface area contributed by atoms with Crippen LogP contribution >= 0.6 is 22.6 Å². The molecule has 0 saturated carbocycles. The fourth-order valence-corrected chi connectivity index (χ4v) is 2.59. The maximum atomic E-state index is 2.38. The molecule has 88 valence electrons. The highest BCUT2D eigenvalue weighted by Crippen LogP contribution is 2.31. The maximum Gasteiger partial charge on any atom is 0.0136 e. The Hall–Kier alpha value is -0.830. The van der Waals surface area contributed by atoms with Crippen molar-refractivity contribution in [2.24, 2.45) is 0 Å². The molecule has 2 aromatic rings. The summed E-state index contributed by atoms with van der Waals surface area (Å²) in [7, 11) is 0. The Labute approximate surface area is 117 Å². The first-order valence-corrected chi connectivity index (χ1v) is 7.02. The van der Waals surface area contributed by atoms with Gasteiger partial charge in [0.1, 0.15) is 0 Å². The Morgan fingerprint density at radius 1 is 1.00 bits per heavy atom. The molecule has 0 aliphatic carbocycles. The van der Waals surface area contributed by atoms with E-state index in [2.05, 4.69) is 85.8 Å². The normalized spacial score (nSPS) is 10.9. The van der Waals surface area contributed by atoms with E-state index in [1.54, 1.807) is 0 Å². The van der Waals surface area contributed by atoms with Crippen molar-refractivity contribution in [3.05, 3.63) is 57.2 Å². The van der Waals surface area contributed by atoms with E-state index < -0.39 is 0 Å². The van der Waals surface area contributed by atoms with E-state index in [1.807, 2.05) is 0 Å². The van der Waals surface area contributed by atoms with Gasteiger partial charge in [0.05, 0.1) is 0 Å². The zero-order valence-corrected chi connectivity index (χ0v) is 12.7. The molecule has 0 heterocycles. The van der Waals surface area contributed by atoms with Gasteiger partial charge in [0, 0.05) is 3.57 Å². The first-order valence-electron chi connectivity index (χ1n) is 5.94. The van der Waals surface area contributed by atoms with Crippen molar-refractivity contribution in [1.82, 2.24) is 0 Å². The van der Waals surface area contributed by atoms with Crippen LogP contribution in [0.5, 0.6) is 0 Å². The number of aryl methyl sites for hydroxylation is 1. The van der Waals surface area contributed by atoms with E-state index in [0.29, 0.717) is 5.92 Å². The summed E-state index contributed by atoms with van der Waals surface area (Å²) in [5.41, 5.74) is 5.44. The van der Waals surface area contributed by atoms with E-state index in [9.17, 15) is 0 Å². The third-order valence-corrected chi connectivity index (χ3v) is 3.64. The van der Waals surface area contributed by atoms with Crippen LogP contribution in [0.2, 0.25) is 0 Å². The molecule has 0 N–H and O–H groups in total. The lowest BCUT2D eigenvalue weighted by molar-refractivity contribution is 0.868. The standard InChI is InChI=1S/C16H17I/c1-11(2)15-8-7-14(17)10-16(15)13-6-4-5-12(3)9-13/h4-11H,1-3H3. The zero-order chi connectivity index (χ0) is 12.4. The summed E-state index contributed by atoms with van der Waals surface area (Å²) < 4.78 is 1.29. The smallest absolute Gasteiger partial charge is 0.0136 e. The summed E-state index contributed by atoms with van der Waals surface area (Å²) in [6.45, 7) is 6.65. The van der Waals surface area contributed by atoms with Crippen molar-refractivity contribution >= 4 is 22.6 Å². The van der Waals surface area contributed by atoms with Crippen LogP contribution in [0, 0.1) is 10.5 Å². The molecule has 1 heteroatoms. The molecule has 0 radical (unpaired) electrons. The average molecular weight is 336 g/mol. The van der Waals surface area contributed by atoms with Gasteiger partial charge in [0.2, 0.25) is 0 Å². The molecule has 0 atom stereocenters. The molecule has 0 bridgehead atoms. The summed E-state index contributed by atoms with van der Waals surface area (Å²) in [5, 5.41) is 0. The molecule has 17 heavy (non-hydrogen) atoms. The molecule has 0 saturated heterocycles. The van der Waals surface area contributed by atoms with Crippen LogP contribution in [0.3, 0.4) is 0 Å². The summed E-state index contributed by atoms with van der Waals surface area (Å²) in [6, 6.07) is 15.5. The van der Waals surface area contributed by atoms with Crippen molar-refractivity contribution in [1.29, 1.82) is 0 Å². The number of rotatable bonds is 2. The lowest BCUT2D eigenvalue weighted by Crippen LogP contribution is -1.93. The number of benzene rings is 2. The van der Waals surface area contributed by atoms with Crippen LogP contribution in [-0.4, -0.2) is 0 Å². The third-order valence-electron chi connectivity index (χ3n) is 2.97. The van der Waals surface area contributed by atoms with E-state index in [0.717, 1.165) is 0 Å². The fourth-order valence-electron chi connectivity index (χ4n) is 2.09. The third kappa shape index (κ3) is 2.89. The molecular weight excluding hydrogens is 319 g/mol. The monoisotopic (exact) mass is 336 g/mol. The van der Waals surface area contributed by atoms with Crippen molar-refractivity contribution in [3.8, 4) is 11.1 Å². The first-order chi connectivity index (χ1) is 8.08. The van der Waals surface area contributed by atoms with Gasteiger partial charge in [-0.2, -0.15) is 0 Å². The van der Waals surface area contributed by atoms with Crippen molar-refractivity contribution < 1.29 is 0 Å². The van der Waals surface area contributed by atoms with Gasteiger partial charge in [-0.3, -0.25) is 0 Å². The van der Waals surface area contributed by atoms with Crippen LogP contribution in [-0.2, 0) is 0 Å². The van der Waals surface area contributed by atoms with Crippen LogP contribution in [0.1, 0.15) is 30.9 Å². The van der Waals surface area contributed by atoms with Crippen LogP contribution in [0.25, 0.3) is 11.1 Å². The molecule has 0 nitrogen and oxygen atoms in total. The highest BCUT2D eigenvalue weighted by molar-refractivity contribution is 14.1. The Balaban J connectivity index is 2.61. The largest absolute Gasteiger partial charge is 0.0614 e. The van der Waals surface area contributed by atoms with Gasteiger partial charge in [0.25, 0.3) is 0 Å². The number of hydrogen-bond acceptors (Lipinski definition) is 0. The summed E-state index contributed by atoms with van der Waals surface area (Å²) in [5.74, 6) is 0.558. The van der Waals surface area contributed by atoms with Gasteiger partial charge in [-0.25, -0.2) is 0 Å². The lowest BCUT2D eigenvalue weighted by atomic mass is 9.92. The van der Waals surface area contributed by atoms with E-state index >= 15 is 0 Å². The summed E-state index contributed by atoms with van der Waals surface area (Å²) in [6.07, 6.45) is 0. The molecule has 0 spiro atoms. The second kappa shape index (κ2) is 5.21. The number of halogens is 1. The summed E-state index contributed by atoms with van der Waals surface area (Å²) >= 11 is 2.38. The molecule has 0 amide bonds. The molecular formula is C16H17I. The van der Waals surface area contributed by atoms with Crippen LogP contribution in [0.15, 0.2) is 42.5 Å².